The van der Waals surface area contributed by atoms with Crippen LogP contribution in [0.2, 0.25) is 0 Å². The summed E-state index contributed by atoms with van der Waals surface area (Å²) in [6.45, 7) is 1.84. The lowest BCUT2D eigenvalue weighted by Gasteiger charge is -2.31. The third-order valence-corrected chi connectivity index (χ3v) is 4.71. The second-order valence-electron chi connectivity index (χ2n) is 5.28. The quantitative estimate of drug-likeness (QED) is 0.837. The SMILES string of the molecule is Cc1cc(O)ccc1C(=O)NC1CCCCC1CBr. The summed E-state index contributed by atoms with van der Waals surface area (Å²) in [5, 5.41) is 13.5. The number of hydrogen-bond acceptors (Lipinski definition) is 2. The van der Waals surface area contributed by atoms with Gasteiger partial charge in [-0.1, -0.05) is 28.8 Å². The number of hydrogen-bond donors (Lipinski definition) is 2. The summed E-state index contributed by atoms with van der Waals surface area (Å²) < 4.78 is 0. The molecule has 3 nitrogen and oxygen atoms in total. The zero-order valence-electron chi connectivity index (χ0n) is 11.2. The third-order valence-electron chi connectivity index (χ3n) is 3.88. The number of phenolic OH excluding ortho intramolecular Hbond substituents is 1. The number of alkyl halides is 1. The van der Waals surface area contributed by atoms with Crippen molar-refractivity contribution in [3.8, 4) is 5.75 Å². The molecule has 19 heavy (non-hydrogen) atoms. The van der Waals surface area contributed by atoms with Crippen molar-refractivity contribution in [1.29, 1.82) is 0 Å². The number of aromatic hydroxyl groups is 1. The largest absolute Gasteiger partial charge is 0.508 e. The van der Waals surface area contributed by atoms with Crippen molar-refractivity contribution in [2.24, 2.45) is 5.92 Å². The van der Waals surface area contributed by atoms with Gasteiger partial charge < -0.3 is 10.4 Å². The van der Waals surface area contributed by atoms with Gasteiger partial charge in [-0.2, -0.15) is 0 Å². The summed E-state index contributed by atoms with van der Waals surface area (Å²) in [6.07, 6.45) is 4.66. The predicted octanol–water partition coefficient (Wildman–Crippen LogP) is 3.38. The standard InChI is InChI=1S/C15H20BrNO2/c1-10-8-12(18)6-7-13(10)15(19)17-14-5-3-2-4-11(14)9-16/h6-8,11,14,18H,2-5,9H2,1H3,(H,17,19). The van der Waals surface area contributed by atoms with Gasteiger partial charge in [0.25, 0.3) is 5.91 Å². The Morgan fingerprint density at radius 1 is 1.42 bits per heavy atom. The molecule has 2 rings (SSSR count). The molecule has 1 aliphatic rings. The second-order valence-corrected chi connectivity index (χ2v) is 5.93. The molecule has 1 aliphatic carbocycles. The second kappa shape index (κ2) is 6.42. The fourth-order valence-electron chi connectivity index (χ4n) is 2.73. The monoisotopic (exact) mass is 325 g/mol. The molecule has 104 valence electrons. The van der Waals surface area contributed by atoms with Gasteiger partial charge in [0.15, 0.2) is 0 Å². The molecule has 2 unspecified atom stereocenters. The summed E-state index contributed by atoms with van der Waals surface area (Å²) >= 11 is 3.54. The normalized spacial score (nSPS) is 23.1. The summed E-state index contributed by atoms with van der Waals surface area (Å²) in [4.78, 5) is 12.3. The predicted molar refractivity (Wildman–Crippen MR) is 79.9 cm³/mol. The lowest BCUT2D eigenvalue weighted by atomic mass is 9.85. The molecule has 4 heteroatoms. The first kappa shape index (κ1) is 14.4. The van der Waals surface area contributed by atoms with Crippen molar-refractivity contribution in [1.82, 2.24) is 5.32 Å². The van der Waals surface area contributed by atoms with E-state index in [0.717, 1.165) is 17.3 Å². The first-order chi connectivity index (χ1) is 9.11. The van der Waals surface area contributed by atoms with Crippen molar-refractivity contribution < 1.29 is 9.90 Å². The van der Waals surface area contributed by atoms with E-state index in [1.54, 1.807) is 18.2 Å². The van der Waals surface area contributed by atoms with Crippen LogP contribution in [0.4, 0.5) is 0 Å². The van der Waals surface area contributed by atoms with Crippen molar-refractivity contribution in [3.05, 3.63) is 29.3 Å². The smallest absolute Gasteiger partial charge is 0.251 e. The topological polar surface area (TPSA) is 49.3 Å². The van der Waals surface area contributed by atoms with Crippen molar-refractivity contribution in [2.45, 2.75) is 38.6 Å². The fraction of sp³-hybridized carbons (Fsp3) is 0.533. The van der Waals surface area contributed by atoms with Crippen molar-refractivity contribution >= 4 is 21.8 Å². The van der Waals surface area contributed by atoms with E-state index in [1.807, 2.05) is 6.92 Å². The van der Waals surface area contributed by atoms with Gasteiger partial charge in [0.2, 0.25) is 0 Å². The number of phenols is 1. The number of rotatable bonds is 3. The lowest BCUT2D eigenvalue weighted by Crippen LogP contribution is -2.42. The number of carbonyl (C=O) groups is 1. The van der Waals surface area contributed by atoms with Gasteiger partial charge in [-0.25, -0.2) is 0 Å². The maximum absolute atomic E-state index is 12.3. The summed E-state index contributed by atoms with van der Waals surface area (Å²) in [6, 6.07) is 5.13. The van der Waals surface area contributed by atoms with E-state index in [-0.39, 0.29) is 17.7 Å². The van der Waals surface area contributed by atoms with Gasteiger partial charge in [0.1, 0.15) is 5.75 Å². The van der Waals surface area contributed by atoms with Gasteiger partial charge in [-0.05, 0) is 49.4 Å². The highest BCUT2D eigenvalue weighted by atomic mass is 79.9. The van der Waals surface area contributed by atoms with Gasteiger partial charge >= 0.3 is 0 Å². The zero-order chi connectivity index (χ0) is 13.8. The van der Waals surface area contributed by atoms with E-state index >= 15 is 0 Å². The van der Waals surface area contributed by atoms with E-state index in [4.69, 9.17) is 0 Å². The van der Waals surface area contributed by atoms with Crippen molar-refractivity contribution in [2.75, 3.05) is 5.33 Å². The molecule has 2 N–H and O–H groups in total. The van der Waals surface area contributed by atoms with Crippen LogP contribution >= 0.6 is 15.9 Å². The Hall–Kier alpha value is -1.03. The molecular formula is C15H20BrNO2. The van der Waals surface area contributed by atoms with Crippen LogP contribution in [-0.4, -0.2) is 22.4 Å². The third kappa shape index (κ3) is 3.50. The summed E-state index contributed by atoms with van der Waals surface area (Å²) in [7, 11) is 0. The van der Waals surface area contributed by atoms with E-state index in [2.05, 4.69) is 21.2 Å². The molecular weight excluding hydrogens is 306 g/mol. The van der Waals surface area contributed by atoms with Crippen LogP contribution in [0.3, 0.4) is 0 Å². The molecule has 0 bridgehead atoms. The zero-order valence-corrected chi connectivity index (χ0v) is 12.7. The molecule has 0 aromatic heterocycles. The molecule has 1 saturated carbocycles. The molecule has 1 aromatic rings. The Balaban J connectivity index is 2.07. The van der Waals surface area contributed by atoms with Crippen molar-refractivity contribution in [3.63, 3.8) is 0 Å². The number of carbonyl (C=O) groups excluding carboxylic acids is 1. The fourth-order valence-corrected chi connectivity index (χ4v) is 3.51. The van der Waals surface area contributed by atoms with Crippen LogP contribution in [0.5, 0.6) is 5.75 Å². The maximum Gasteiger partial charge on any atom is 0.251 e. The first-order valence-corrected chi connectivity index (χ1v) is 7.90. The van der Waals surface area contributed by atoms with Crippen LogP contribution < -0.4 is 5.32 Å². The van der Waals surface area contributed by atoms with E-state index < -0.39 is 0 Å². The Kier molecular flexibility index (Phi) is 4.86. The molecule has 1 fully saturated rings. The number of benzene rings is 1. The van der Waals surface area contributed by atoms with Crippen LogP contribution in [0.15, 0.2) is 18.2 Å². The van der Waals surface area contributed by atoms with Gasteiger partial charge in [-0.15, -0.1) is 0 Å². The molecule has 0 aliphatic heterocycles. The molecule has 2 atom stereocenters. The number of nitrogens with one attached hydrogen (secondary N) is 1. The van der Waals surface area contributed by atoms with Crippen LogP contribution in [-0.2, 0) is 0 Å². The Labute approximate surface area is 122 Å². The number of halogens is 1. The minimum Gasteiger partial charge on any atom is -0.508 e. The maximum atomic E-state index is 12.3. The average Bonchev–Trinajstić information content (AvgIpc) is 2.39. The molecule has 0 radical (unpaired) electrons. The van der Waals surface area contributed by atoms with E-state index in [9.17, 15) is 9.90 Å². The molecule has 0 heterocycles. The Morgan fingerprint density at radius 2 is 2.16 bits per heavy atom. The lowest BCUT2D eigenvalue weighted by molar-refractivity contribution is 0.0911. The highest BCUT2D eigenvalue weighted by Crippen LogP contribution is 2.26. The Bertz CT molecular complexity index is 461. The van der Waals surface area contributed by atoms with E-state index in [1.165, 1.54) is 19.3 Å². The highest BCUT2D eigenvalue weighted by molar-refractivity contribution is 9.09. The number of aryl methyl sites for hydroxylation is 1. The Morgan fingerprint density at radius 3 is 2.84 bits per heavy atom. The van der Waals surface area contributed by atoms with Crippen LogP contribution in [0.1, 0.15) is 41.6 Å². The molecule has 0 spiro atoms. The highest BCUT2D eigenvalue weighted by Gasteiger charge is 2.26. The average molecular weight is 326 g/mol. The van der Waals surface area contributed by atoms with E-state index in [0.29, 0.717) is 11.5 Å². The molecule has 1 amide bonds. The first-order valence-electron chi connectivity index (χ1n) is 6.78. The minimum atomic E-state index is -0.0321. The summed E-state index contributed by atoms with van der Waals surface area (Å²) in [5.74, 6) is 0.690. The van der Waals surface area contributed by atoms with Crippen LogP contribution in [0, 0.1) is 12.8 Å². The number of amides is 1. The van der Waals surface area contributed by atoms with Gasteiger partial charge in [-0.3, -0.25) is 4.79 Å². The van der Waals surface area contributed by atoms with Gasteiger partial charge in [0.05, 0.1) is 0 Å². The molecule has 0 saturated heterocycles. The summed E-state index contributed by atoms with van der Waals surface area (Å²) in [5.41, 5.74) is 1.46. The molecule has 1 aromatic carbocycles. The van der Waals surface area contributed by atoms with Crippen LogP contribution in [0.25, 0.3) is 0 Å². The van der Waals surface area contributed by atoms with Gasteiger partial charge in [0, 0.05) is 16.9 Å². The minimum absolute atomic E-state index is 0.0321.